The van der Waals surface area contributed by atoms with Gasteiger partial charge in [0, 0.05) is 13.1 Å². The van der Waals surface area contributed by atoms with Crippen LogP contribution in [-0.4, -0.2) is 62.4 Å². The van der Waals surface area contributed by atoms with Crippen LogP contribution in [0.1, 0.15) is 33.1 Å². The number of benzene rings is 1. The smallest absolute Gasteiger partial charge is 0.253 e. The molecule has 2 aromatic carbocycles. The molecule has 2 saturated heterocycles. The first-order valence-corrected chi connectivity index (χ1v) is 13.1. The second-order valence-corrected chi connectivity index (χ2v) is 10.8. The van der Waals surface area contributed by atoms with Crippen molar-refractivity contribution >= 4 is 38.7 Å². The fourth-order valence-corrected chi connectivity index (χ4v) is 6.37. The van der Waals surface area contributed by atoms with Crippen LogP contribution in [-0.2, 0) is 19.5 Å². The van der Waals surface area contributed by atoms with Crippen LogP contribution >= 0.6 is 11.6 Å². The number of anilines is 3. The Hall–Kier alpha value is -2.18. The molecule has 0 bridgehead atoms. The van der Waals surface area contributed by atoms with E-state index in [0.717, 1.165) is 12.8 Å². The molecule has 2 aromatic rings. The van der Waals surface area contributed by atoms with E-state index in [2.05, 4.69) is 10.6 Å². The third-order valence-electron chi connectivity index (χ3n) is 6.30. The van der Waals surface area contributed by atoms with Crippen LogP contribution in [0.4, 0.5) is 17.1 Å². The number of hydrogen-bond donors (Lipinski definition) is 3. The molecule has 10 nitrogen and oxygen atoms in total. The van der Waals surface area contributed by atoms with Crippen molar-refractivity contribution in [2.24, 2.45) is 0 Å². The molecule has 2 heterocycles. The molecule has 2 aliphatic rings. The van der Waals surface area contributed by atoms with Crippen molar-refractivity contribution in [3.8, 4) is 5.75 Å². The van der Waals surface area contributed by atoms with Gasteiger partial charge in [-0.15, -0.1) is 0 Å². The van der Waals surface area contributed by atoms with Gasteiger partial charge in [-0.3, -0.25) is 9.59 Å². The maximum atomic E-state index is 13.1. The first kappa shape index (κ1) is 24.9. The quantitative estimate of drug-likeness (QED) is 0.358. The van der Waals surface area contributed by atoms with Gasteiger partial charge in [0.2, 0.25) is 10.0 Å². The Morgan fingerprint density at radius 2 is 1.85 bits per heavy atom. The largest absolute Gasteiger partial charge is 0.504 e. The van der Waals surface area contributed by atoms with Gasteiger partial charge in [0.05, 0.1) is 42.2 Å². The highest BCUT2D eigenvalue weighted by Gasteiger charge is 2.34. The maximum absolute atomic E-state index is 13.1. The van der Waals surface area contributed by atoms with Gasteiger partial charge in [-0.2, -0.15) is 4.31 Å². The lowest BCUT2D eigenvalue weighted by Gasteiger charge is -2.27. The van der Waals surface area contributed by atoms with Crippen LogP contribution in [0.2, 0.25) is 5.02 Å². The molecule has 186 valence electrons. The summed E-state index contributed by atoms with van der Waals surface area (Å²) in [4.78, 5) is 24.2. The zero-order valence-corrected chi connectivity index (χ0v) is 20.5. The first-order valence-electron chi connectivity index (χ1n) is 11.3. The van der Waals surface area contributed by atoms with Crippen LogP contribution in [0.25, 0.3) is 0 Å². The monoisotopic (exact) mass is 513 g/mol. The molecule has 0 amide bonds. The van der Waals surface area contributed by atoms with Crippen LogP contribution in [0.3, 0.4) is 0 Å². The number of aromatic hydroxyl groups is 1. The first-order chi connectivity index (χ1) is 16.1. The van der Waals surface area contributed by atoms with E-state index in [1.807, 2.05) is 13.8 Å². The van der Waals surface area contributed by atoms with Crippen molar-refractivity contribution in [2.45, 2.75) is 56.3 Å². The van der Waals surface area contributed by atoms with Crippen molar-refractivity contribution in [1.29, 1.82) is 0 Å². The molecule has 12 heteroatoms. The van der Waals surface area contributed by atoms with Crippen molar-refractivity contribution in [3.05, 3.63) is 37.6 Å². The molecule has 0 unspecified atom stereocenters. The van der Waals surface area contributed by atoms with E-state index in [0.29, 0.717) is 6.42 Å². The molecule has 2 aliphatic heterocycles. The van der Waals surface area contributed by atoms with Gasteiger partial charge in [-0.05, 0) is 38.3 Å². The van der Waals surface area contributed by atoms with E-state index in [-0.39, 0.29) is 66.6 Å². The summed E-state index contributed by atoms with van der Waals surface area (Å²) in [5, 5.41) is 16.5. The molecule has 0 spiro atoms. The van der Waals surface area contributed by atoms with Crippen LogP contribution in [0, 0.1) is 0 Å². The second-order valence-electron chi connectivity index (χ2n) is 8.54. The molecule has 0 saturated carbocycles. The third kappa shape index (κ3) is 4.55. The van der Waals surface area contributed by atoms with E-state index in [1.165, 1.54) is 16.4 Å². The number of ether oxygens (including phenoxy) is 2. The van der Waals surface area contributed by atoms with Gasteiger partial charge < -0.3 is 25.2 Å². The Kier molecular flexibility index (Phi) is 7.20. The van der Waals surface area contributed by atoms with Crippen molar-refractivity contribution in [3.63, 3.8) is 0 Å². The van der Waals surface area contributed by atoms with Gasteiger partial charge in [-0.25, -0.2) is 8.42 Å². The van der Waals surface area contributed by atoms with Crippen molar-refractivity contribution < 1.29 is 23.0 Å². The van der Waals surface area contributed by atoms with E-state index in [1.54, 1.807) is 0 Å². The van der Waals surface area contributed by atoms with Gasteiger partial charge >= 0.3 is 0 Å². The molecular weight excluding hydrogens is 486 g/mol. The topological polar surface area (TPSA) is 134 Å². The summed E-state index contributed by atoms with van der Waals surface area (Å²) in [7, 11) is -4.12. The third-order valence-corrected chi connectivity index (χ3v) is 8.71. The van der Waals surface area contributed by atoms with E-state index in [4.69, 9.17) is 21.1 Å². The summed E-state index contributed by atoms with van der Waals surface area (Å²) < 4.78 is 38.5. The highest BCUT2D eigenvalue weighted by molar-refractivity contribution is 7.89. The summed E-state index contributed by atoms with van der Waals surface area (Å²) in [6.07, 6.45) is 2.46. The number of phenolic OH excluding ortho intramolecular Hbond substituents is 1. The zero-order chi connectivity index (χ0) is 24.6. The average Bonchev–Trinajstić information content (AvgIpc) is 3.26. The number of halogens is 1. The Balaban J connectivity index is 1.62. The normalized spacial score (nSPS) is 22.7. The lowest BCUT2D eigenvalue weighted by atomic mass is 10.0. The second kappa shape index (κ2) is 9.82. The van der Waals surface area contributed by atoms with E-state index < -0.39 is 31.5 Å². The Morgan fingerprint density at radius 1 is 1.18 bits per heavy atom. The maximum Gasteiger partial charge on any atom is 0.253 e. The number of hydrogen-bond acceptors (Lipinski definition) is 9. The minimum absolute atomic E-state index is 0.0400. The number of sulfonamides is 1. The zero-order valence-electron chi connectivity index (χ0n) is 19.0. The number of nitrogens with one attached hydrogen (secondary N) is 2. The lowest BCUT2D eigenvalue weighted by Crippen LogP contribution is -2.42. The van der Waals surface area contributed by atoms with Gasteiger partial charge in [0.15, 0.2) is 5.75 Å². The number of morpholine rings is 1. The van der Waals surface area contributed by atoms with Crippen molar-refractivity contribution in [1.82, 2.24) is 4.31 Å². The highest BCUT2D eigenvalue weighted by Crippen LogP contribution is 2.40. The average molecular weight is 514 g/mol. The highest BCUT2D eigenvalue weighted by atomic mass is 35.5. The molecular formula is C22H28ClN3O7S. The van der Waals surface area contributed by atoms with E-state index in [9.17, 15) is 23.1 Å². The number of rotatable bonds is 8. The van der Waals surface area contributed by atoms with Gasteiger partial charge in [0.1, 0.15) is 16.3 Å². The summed E-state index contributed by atoms with van der Waals surface area (Å²) in [5.41, 5.74) is -1.44. The minimum Gasteiger partial charge on any atom is -0.504 e. The molecule has 4 rings (SSSR count). The Labute approximate surface area is 202 Å². The molecule has 0 aromatic heterocycles. The predicted octanol–water partition coefficient (Wildman–Crippen LogP) is 2.16. The predicted molar refractivity (Wildman–Crippen MR) is 129 cm³/mol. The van der Waals surface area contributed by atoms with Gasteiger partial charge in [0.25, 0.3) is 10.9 Å². The van der Waals surface area contributed by atoms with Crippen LogP contribution < -0.4 is 21.5 Å². The Morgan fingerprint density at radius 3 is 2.47 bits per heavy atom. The summed E-state index contributed by atoms with van der Waals surface area (Å²) in [5.74, 6) is -0.627. The van der Waals surface area contributed by atoms with Crippen molar-refractivity contribution in [2.75, 3.05) is 36.9 Å². The van der Waals surface area contributed by atoms with Gasteiger partial charge in [-0.1, -0.05) is 18.5 Å². The number of phenols is 1. The molecule has 3 N–H and O–H groups in total. The molecule has 34 heavy (non-hydrogen) atoms. The summed E-state index contributed by atoms with van der Waals surface area (Å²) >= 11 is 6.16. The number of nitrogens with zero attached hydrogens (tertiary/aromatic N) is 1. The fourth-order valence-electron chi connectivity index (χ4n) is 4.36. The molecule has 3 atom stereocenters. The minimum atomic E-state index is -4.12. The molecule has 2 fully saturated rings. The fraction of sp³-hybridized carbons (Fsp3) is 0.545. The molecule has 0 radical (unpaired) electrons. The standard InChI is InChI=1S/C22H28ClN3O7S/c1-3-14(16-7-4-12(2)33-16)24-17-18(21(29)20(17)28)25-15-6-5-13(23)22(19(15)27)34(30,31)26-8-10-32-11-9-26/h5-6,12,14,16,24-25,27H,3-4,7-11H2,1-2H3/t12-,14-,16-/m1/s1. The SMILES string of the molecule is CC[C@@H](Nc1c(Nc2ccc(Cl)c(S(=O)(=O)N3CCOCC3)c2O)c(=O)c1=O)[C@H]1CC[C@@H](C)O1. The summed E-state index contributed by atoms with van der Waals surface area (Å²) in [6, 6.07) is 2.50. The van der Waals surface area contributed by atoms with E-state index >= 15 is 0 Å². The van der Waals surface area contributed by atoms with Crippen LogP contribution in [0.5, 0.6) is 5.75 Å². The summed E-state index contributed by atoms with van der Waals surface area (Å²) in [6.45, 7) is 4.66. The molecule has 0 aliphatic carbocycles. The lowest BCUT2D eigenvalue weighted by molar-refractivity contribution is 0.0438. The van der Waals surface area contributed by atoms with Crippen LogP contribution in [0.15, 0.2) is 26.6 Å². The Bertz CT molecular complexity index is 1240.